The molecule has 0 aliphatic rings. The van der Waals surface area contributed by atoms with Gasteiger partial charge in [0.1, 0.15) is 0 Å². The lowest BCUT2D eigenvalue weighted by molar-refractivity contribution is -0.134. The lowest BCUT2D eigenvalue weighted by Gasteiger charge is -2.06. The number of rotatable bonds is 18. The van der Waals surface area contributed by atoms with Crippen LogP contribution in [-0.4, -0.2) is 15.9 Å². The van der Waals surface area contributed by atoms with Gasteiger partial charge in [-0.2, -0.15) is 0 Å². The molecule has 0 radical (unpaired) electrons. The van der Waals surface area contributed by atoms with E-state index in [9.17, 15) is 4.79 Å². The van der Waals surface area contributed by atoms with Gasteiger partial charge in [-0.05, 0) is 24.8 Å². The van der Waals surface area contributed by atoms with Crippen molar-refractivity contribution in [3.63, 3.8) is 0 Å². The zero-order chi connectivity index (χ0) is 23.6. The monoisotopic (exact) mass is 452 g/mol. The second kappa shape index (κ2) is 17.3. The Bertz CT molecular complexity index is 756. The Balaban J connectivity index is 1.64. The van der Waals surface area contributed by atoms with Crippen molar-refractivity contribution in [1.29, 1.82) is 0 Å². The molecule has 2 aromatic rings. The molecule has 0 aliphatic carbocycles. The third kappa shape index (κ3) is 12.0. The Morgan fingerprint density at radius 3 is 1.79 bits per heavy atom. The molecule has 0 N–H and O–H groups in total. The number of nitrogens with zero attached hydrogens (tertiary/aromatic N) is 2. The Morgan fingerprint density at radius 2 is 1.21 bits per heavy atom. The molecule has 0 aliphatic heterocycles. The van der Waals surface area contributed by atoms with Gasteiger partial charge in [0.25, 0.3) is 0 Å². The molecule has 1 heterocycles. The molecule has 33 heavy (non-hydrogen) atoms. The molecule has 0 saturated heterocycles. The third-order valence-electron chi connectivity index (χ3n) is 6.13. The van der Waals surface area contributed by atoms with E-state index < -0.39 is 0 Å². The van der Waals surface area contributed by atoms with Crippen LogP contribution < -0.4 is 4.74 Å². The molecule has 2 rings (SSSR count). The number of unbranched alkanes of at least 4 members (excludes halogenated alkanes) is 12. The predicted octanol–water partition coefficient (Wildman–Crippen LogP) is 8.48. The quantitative estimate of drug-likeness (QED) is 0.168. The Morgan fingerprint density at radius 1 is 0.697 bits per heavy atom. The van der Waals surface area contributed by atoms with E-state index in [4.69, 9.17) is 4.74 Å². The van der Waals surface area contributed by atoms with E-state index in [1.807, 2.05) is 0 Å². The van der Waals surface area contributed by atoms with Gasteiger partial charge in [-0.25, -0.2) is 9.97 Å². The molecular weight excluding hydrogens is 408 g/mol. The topological polar surface area (TPSA) is 52.1 Å². The van der Waals surface area contributed by atoms with Crippen LogP contribution in [0.1, 0.15) is 116 Å². The summed E-state index contributed by atoms with van der Waals surface area (Å²) in [6.07, 6.45) is 22.7. The maximum atomic E-state index is 11.9. The molecule has 4 nitrogen and oxygen atoms in total. The summed E-state index contributed by atoms with van der Waals surface area (Å²) in [6, 6.07) is 8.52. The first-order valence-electron chi connectivity index (χ1n) is 13.3. The van der Waals surface area contributed by atoms with Gasteiger partial charge in [-0.1, -0.05) is 115 Å². The first kappa shape index (κ1) is 27.0. The average Bonchev–Trinajstić information content (AvgIpc) is 2.84. The number of carbonyl (C=O) groups excluding carboxylic acids is 1. The fourth-order valence-corrected chi connectivity index (χ4v) is 4.03. The molecule has 0 atom stereocenters. The number of carbonyl (C=O) groups is 1. The fourth-order valence-electron chi connectivity index (χ4n) is 4.03. The van der Waals surface area contributed by atoms with Crippen LogP contribution in [0.15, 0.2) is 36.7 Å². The molecule has 1 aromatic heterocycles. The highest BCUT2D eigenvalue weighted by Crippen LogP contribution is 2.19. The maximum Gasteiger partial charge on any atom is 0.311 e. The zero-order valence-corrected chi connectivity index (χ0v) is 21.0. The van der Waals surface area contributed by atoms with Gasteiger partial charge in [0, 0.05) is 12.0 Å². The van der Waals surface area contributed by atoms with Crippen molar-refractivity contribution in [2.24, 2.45) is 0 Å². The van der Waals surface area contributed by atoms with E-state index in [-0.39, 0.29) is 5.97 Å². The molecule has 1 aromatic carbocycles. The third-order valence-corrected chi connectivity index (χ3v) is 6.13. The molecule has 0 bridgehead atoms. The summed E-state index contributed by atoms with van der Waals surface area (Å²) in [5.41, 5.74) is 2.35. The second-order valence-corrected chi connectivity index (χ2v) is 9.16. The van der Waals surface area contributed by atoms with Crippen molar-refractivity contribution in [3.8, 4) is 17.1 Å². The number of aryl methyl sites for hydroxylation is 1. The van der Waals surface area contributed by atoms with Gasteiger partial charge in [-0.3, -0.25) is 4.79 Å². The Kier molecular flexibility index (Phi) is 14.1. The minimum absolute atomic E-state index is 0.209. The molecule has 0 saturated carbocycles. The molecule has 182 valence electrons. The number of hydrogen-bond acceptors (Lipinski definition) is 4. The van der Waals surface area contributed by atoms with Crippen molar-refractivity contribution in [3.05, 3.63) is 42.2 Å². The summed E-state index contributed by atoms with van der Waals surface area (Å²) >= 11 is 0. The van der Waals surface area contributed by atoms with Crippen LogP contribution in [0.5, 0.6) is 5.75 Å². The Labute approximate surface area is 201 Å². The van der Waals surface area contributed by atoms with E-state index in [0.717, 1.165) is 37.7 Å². The number of ether oxygens (including phenoxy) is 1. The van der Waals surface area contributed by atoms with Gasteiger partial charge >= 0.3 is 5.97 Å². The smallest absolute Gasteiger partial charge is 0.311 e. The van der Waals surface area contributed by atoms with Crippen molar-refractivity contribution < 1.29 is 9.53 Å². The molecular formula is C29H44N2O2. The van der Waals surface area contributed by atoms with E-state index >= 15 is 0 Å². The van der Waals surface area contributed by atoms with Crippen molar-refractivity contribution in [2.45, 2.75) is 117 Å². The van der Waals surface area contributed by atoms with Gasteiger partial charge in [0.2, 0.25) is 0 Å². The van der Waals surface area contributed by atoms with Crippen molar-refractivity contribution in [1.82, 2.24) is 9.97 Å². The minimum atomic E-state index is -0.209. The first-order valence-corrected chi connectivity index (χ1v) is 13.3. The molecule has 0 amide bonds. The SMILES string of the molecule is CCCCCCCCCCCCc1ccc(-c2ncc(OC(=O)CCCCCC)cn2)cc1. The van der Waals surface area contributed by atoms with Gasteiger partial charge in [0.05, 0.1) is 12.4 Å². The van der Waals surface area contributed by atoms with Crippen LogP contribution in [0.4, 0.5) is 0 Å². The maximum absolute atomic E-state index is 11.9. The molecule has 0 fully saturated rings. The first-order chi connectivity index (χ1) is 16.2. The Hall–Kier alpha value is -2.23. The summed E-state index contributed by atoms with van der Waals surface area (Å²) in [5, 5.41) is 0. The van der Waals surface area contributed by atoms with Crippen molar-refractivity contribution in [2.75, 3.05) is 0 Å². The number of esters is 1. The summed E-state index contributed by atoms with van der Waals surface area (Å²) in [6.45, 7) is 4.43. The van der Waals surface area contributed by atoms with Crippen LogP contribution in [-0.2, 0) is 11.2 Å². The van der Waals surface area contributed by atoms with Crippen LogP contribution in [0.25, 0.3) is 11.4 Å². The van der Waals surface area contributed by atoms with E-state index in [1.165, 1.54) is 69.8 Å². The van der Waals surface area contributed by atoms with E-state index in [1.54, 1.807) is 12.4 Å². The van der Waals surface area contributed by atoms with Gasteiger partial charge in [0.15, 0.2) is 11.6 Å². The standard InChI is InChI=1S/C29H44N2O2/c1-3-5-7-9-10-11-12-13-14-15-17-25-19-21-26(22-20-25)29-30-23-27(24-31-29)33-28(32)18-16-8-6-4-2/h19-24H,3-18H2,1-2H3. The lowest BCUT2D eigenvalue weighted by atomic mass is 10.0. The number of aromatic nitrogens is 2. The molecule has 0 spiro atoms. The summed E-state index contributed by atoms with van der Waals surface area (Å²) < 4.78 is 5.34. The zero-order valence-electron chi connectivity index (χ0n) is 21.0. The fraction of sp³-hybridized carbons (Fsp3) is 0.621. The predicted molar refractivity (Wildman–Crippen MR) is 137 cm³/mol. The van der Waals surface area contributed by atoms with Crippen LogP contribution in [0.2, 0.25) is 0 Å². The van der Waals surface area contributed by atoms with E-state index in [0.29, 0.717) is 18.0 Å². The summed E-state index contributed by atoms with van der Waals surface area (Å²) in [5.74, 6) is 0.860. The van der Waals surface area contributed by atoms with E-state index in [2.05, 4.69) is 48.1 Å². The highest BCUT2D eigenvalue weighted by Gasteiger charge is 2.07. The summed E-state index contributed by atoms with van der Waals surface area (Å²) in [7, 11) is 0. The van der Waals surface area contributed by atoms with Crippen LogP contribution >= 0.6 is 0 Å². The van der Waals surface area contributed by atoms with Gasteiger partial charge < -0.3 is 4.74 Å². The van der Waals surface area contributed by atoms with Gasteiger partial charge in [-0.15, -0.1) is 0 Å². The van der Waals surface area contributed by atoms with Crippen LogP contribution in [0.3, 0.4) is 0 Å². The number of hydrogen-bond donors (Lipinski definition) is 0. The lowest BCUT2D eigenvalue weighted by Crippen LogP contribution is -2.08. The normalized spacial score (nSPS) is 11.0. The number of benzene rings is 1. The highest BCUT2D eigenvalue weighted by molar-refractivity contribution is 5.72. The molecule has 4 heteroatoms. The van der Waals surface area contributed by atoms with Crippen molar-refractivity contribution >= 4 is 5.97 Å². The summed E-state index contributed by atoms with van der Waals surface area (Å²) in [4.78, 5) is 20.7. The largest absolute Gasteiger partial charge is 0.423 e. The minimum Gasteiger partial charge on any atom is -0.423 e. The second-order valence-electron chi connectivity index (χ2n) is 9.16. The van der Waals surface area contributed by atoms with Crippen LogP contribution in [0, 0.1) is 0 Å². The highest BCUT2D eigenvalue weighted by atomic mass is 16.5. The average molecular weight is 453 g/mol. The molecule has 0 unspecified atom stereocenters.